The SMILES string of the molecule is Cc1nc2c(cnn2CC(=O)O)c(=O)[nH]1. The van der Waals surface area contributed by atoms with Gasteiger partial charge in [-0.3, -0.25) is 9.59 Å². The number of hydrogen-bond acceptors (Lipinski definition) is 4. The first kappa shape index (κ1) is 9.38. The second kappa shape index (κ2) is 3.19. The summed E-state index contributed by atoms with van der Waals surface area (Å²) in [5.74, 6) is -0.598. The molecular formula is C8H8N4O3. The van der Waals surface area contributed by atoms with Gasteiger partial charge in [0.15, 0.2) is 5.65 Å². The van der Waals surface area contributed by atoms with Crippen LogP contribution >= 0.6 is 0 Å². The summed E-state index contributed by atoms with van der Waals surface area (Å²) in [6.45, 7) is 1.32. The number of carboxylic acid groups (broad SMARTS) is 1. The summed E-state index contributed by atoms with van der Waals surface area (Å²) in [6.07, 6.45) is 1.31. The molecule has 2 heterocycles. The lowest BCUT2D eigenvalue weighted by Crippen LogP contribution is -2.13. The van der Waals surface area contributed by atoms with Crippen molar-refractivity contribution < 1.29 is 9.90 Å². The highest BCUT2D eigenvalue weighted by Gasteiger charge is 2.10. The van der Waals surface area contributed by atoms with Gasteiger partial charge in [-0.2, -0.15) is 5.10 Å². The van der Waals surface area contributed by atoms with Gasteiger partial charge in [-0.05, 0) is 6.92 Å². The fraction of sp³-hybridized carbons (Fsp3) is 0.250. The number of aromatic nitrogens is 4. The average molecular weight is 208 g/mol. The number of H-pyrrole nitrogens is 1. The van der Waals surface area contributed by atoms with E-state index in [0.29, 0.717) is 16.9 Å². The number of rotatable bonds is 2. The summed E-state index contributed by atoms with van der Waals surface area (Å²) >= 11 is 0. The molecule has 0 fully saturated rings. The maximum absolute atomic E-state index is 11.4. The van der Waals surface area contributed by atoms with E-state index in [9.17, 15) is 9.59 Å². The van der Waals surface area contributed by atoms with Crippen LogP contribution in [0.4, 0.5) is 0 Å². The normalized spacial score (nSPS) is 10.7. The van der Waals surface area contributed by atoms with Crippen molar-refractivity contribution in [3.63, 3.8) is 0 Å². The number of aryl methyl sites for hydroxylation is 1. The van der Waals surface area contributed by atoms with Gasteiger partial charge in [0.25, 0.3) is 5.56 Å². The van der Waals surface area contributed by atoms with Crippen molar-refractivity contribution in [2.24, 2.45) is 0 Å². The van der Waals surface area contributed by atoms with Crippen molar-refractivity contribution in [2.45, 2.75) is 13.5 Å². The topological polar surface area (TPSA) is 101 Å². The van der Waals surface area contributed by atoms with Crippen LogP contribution in [0.5, 0.6) is 0 Å². The first-order valence-corrected chi connectivity index (χ1v) is 4.22. The molecule has 15 heavy (non-hydrogen) atoms. The smallest absolute Gasteiger partial charge is 0.325 e. The predicted octanol–water partition coefficient (Wildman–Crippen LogP) is -0.487. The molecule has 0 aliphatic rings. The molecule has 0 saturated heterocycles. The molecule has 0 atom stereocenters. The van der Waals surface area contributed by atoms with Crippen molar-refractivity contribution in [1.82, 2.24) is 19.7 Å². The number of nitrogens with zero attached hydrogens (tertiary/aromatic N) is 3. The zero-order valence-corrected chi connectivity index (χ0v) is 7.89. The molecule has 0 radical (unpaired) electrons. The van der Waals surface area contributed by atoms with Crippen LogP contribution in [-0.4, -0.2) is 30.8 Å². The Kier molecular flexibility index (Phi) is 2.00. The second-order valence-corrected chi connectivity index (χ2v) is 3.08. The van der Waals surface area contributed by atoms with Crippen LogP contribution in [0, 0.1) is 6.92 Å². The Hall–Kier alpha value is -2.18. The lowest BCUT2D eigenvalue weighted by molar-refractivity contribution is -0.137. The lowest BCUT2D eigenvalue weighted by Gasteiger charge is -1.98. The minimum Gasteiger partial charge on any atom is -0.480 e. The van der Waals surface area contributed by atoms with Crippen molar-refractivity contribution in [1.29, 1.82) is 0 Å². The Bertz CT molecular complexity index is 583. The first-order chi connectivity index (χ1) is 7.08. The van der Waals surface area contributed by atoms with Gasteiger partial charge in [0.05, 0.1) is 6.20 Å². The van der Waals surface area contributed by atoms with Crippen molar-refractivity contribution in [3.8, 4) is 0 Å². The Labute approximate surface area is 83.4 Å². The van der Waals surface area contributed by atoms with E-state index in [4.69, 9.17) is 5.11 Å². The highest BCUT2D eigenvalue weighted by Crippen LogP contribution is 2.05. The van der Waals surface area contributed by atoms with Gasteiger partial charge in [0.2, 0.25) is 0 Å². The van der Waals surface area contributed by atoms with E-state index in [1.807, 2.05) is 0 Å². The molecule has 7 heteroatoms. The summed E-state index contributed by atoms with van der Waals surface area (Å²) < 4.78 is 1.18. The molecule has 0 aliphatic carbocycles. The van der Waals surface area contributed by atoms with Crippen LogP contribution in [0.3, 0.4) is 0 Å². The van der Waals surface area contributed by atoms with E-state index < -0.39 is 5.97 Å². The molecule has 0 saturated carbocycles. The third-order valence-corrected chi connectivity index (χ3v) is 1.91. The molecule has 0 unspecified atom stereocenters. The average Bonchev–Trinajstić information content (AvgIpc) is 2.48. The molecule has 0 aliphatic heterocycles. The van der Waals surface area contributed by atoms with Gasteiger partial charge in [0.1, 0.15) is 17.8 Å². The molecule has 78 valence electrons. The van der Waals surface area contributed by atoms with Crippen LogP contribution in [0.1, 0.15) is 5.82 Å². The summed E-state index contributed by atoms with van der Waals surface area (Å²) in [5, 5.41) is 12.7. The van der Waals surface area contributed by atoms with Crippen molar-refractivity contribution in [3.05, 3.63) is 22.4 Å². The van der Waals surface area contributed by atoms with E-state index in [2.05, 4.69) is 15.1 Å². The van der Waals surface area contributed by atoms with E-state index >= 15 is 0 Å². The number of nitrogens with one attached hydrogen (secondary N) is 1. The molecule has 0 amide bonds. The highest BCUT2D eigenvalue weighted by atomic mass is 16.4. The number of fused-ring (bicyclic) bond motifs is 1. The number of aromatic amines is 1. The molecule has 2 N–H and O–H groups in total. The third-order valence-electron chi connectivity index (χ3n) is 1.91. The lowest BCUT2D eigenvalue weighted by atomic mass is 10.4. The van der Waals surface area contributed by atoms with E-state index in [-0.39, 0.29) is 12.1 Å². The predicted molar refractivity (Wildman–Crippen MR) is 50.5 cm³/mol. The molecule has 2 rings (SSSR count). The minimum absolute atomic E-state index is 0.290. The summed E-state index contributed by atoms with van der Waals surface area (Å²) in [6, 6.07) is 0. The Morgan fingerprint density at radius 2 is 2.40 bits per heavy atom. The summed E-state index contributed by atoms with van der Waals surface area (Å²) in [4.78, 5) is 28.5. The van der Waals surface area contributed by atoms with E-state index in [1.165, 1.54) is 10.9 Å². The monoisotopic (exact) mass is 208 g/mol. The largest absolute Gasteiger partial charge is 0.480 e. The quantitative estimate of drug-likeness (QED) is 0.693. The van der Waals surface area contributed by atoms with Crippen molar-refractivity contribution >= 4 is 17.0 Å². The van der Waals surface area contributed by atoms with Crippen LogP contribution in [0.15, 0.2) is 11.0 Å². The first-order valence-electron chi connectivity index (χ1n) is 4.22. The second-order valence-electron chi connectivity index (χ2n) is 3.08. The van der Waals surface area contributed by atoms with Gasteiger partial charge in [-0.1, -0.05) is 0 Å². The van der Waals surface area contributed by atoms with Gasteiger partial charge in [-0.25, -0.2) is 9.67 Å². The molecule has 7 nitrogen and oxygen atoms in total. The molecule has 0 aromatic carbocycles. The highest BCUT2D eigenvalue weighted by molar-refractivity contribution is 5.75. The maximum atomic E-state index is 11.4. The Morgan fingerprint density at radius 1 is 1.67 bits per heavy atom. The minimum atomic E-state index is -1.03. The van der Waals surface area contributed by atoms with Gasteiger partial charge < -0.3 is 10.1 Å². The van der Waals surface area contributed by atoms with Gasteiger partial charge in [-0.15, -0.1) is 0 Å². The number of carboxylic acids is 1. The van der Waals surface area contributed by atoms with Crippen LogP contribution < -0.4 is 5.56 Å². The maximum Gasteiger partial charge on any atom is 0.325 e. The molecule has 0 spiro atoms. The molecule has 2 aromatic rings. The Balaban J connectivity index is 2.68. The Morgan fingerprint density at radius 3 is 3.07 bits per heavy atom. The molecular weight excluding hydrogens is 200 g/mol. The van der Waals surface area contributed by atoms with Crippen LogP contribution in [-0.2, 0) is 11.3 Å². The summed E-state index contributed by atoms with van der Waals surface area (Å²) in [7, 11) is 0. The number of carbonyl (C=O) groups is 1. The van der Waals surface area contributed by atoms with Crippen LogP contribution in [0.2, 0.25) is 0 Å². The molecule has 0 bridgehead atoms. The fourth-order valence-electron chi connectivity index (χ4n) is 1.32. The number of aliphatic carboxylic acids is 1. The zero-order valence-electron chi connectivity index (χ0n) is 7.89. The van der Waals surface area contributed by atoms with E-state index in [1.54, 1.807) is 6.92 Å². The third kappa shape index (κ3) is 1.58. The standard InChI is InChI=1S/C8H8N4O3/c1-4-10-7-5(8(15)11-4)2-9-12(7)3-6(13)14/h2H,3H2,1H3,(H,13,14)(H,10,11,15). The molecule has 2 aromatic heterocycles. The summed E-state index contributed by atoms with van der Waals surface area (Å²) in [5.41, 5.74) is -0.0206. The van der Waals surface area contributed by atoms with Gasteiger partial charge >= 0.3 is 5.97 Å². The van der Waals surface area contributed by atoms with E-state index in [0.717, 1.165) is 0 Å². The zero-order chi connectivity index (χ0) is 11.0. The fourth-order valence-corrected chi connectivity index (χ4v) is 1.32. The van der Waals surface area contributed by atoms with Gasteiger partial charge in [0, 0.05) is 0 Å². The van der Waals surface area contributed by atoms with Crippen molar-refractivity contribution in [2.75, 3.05) is 0 Å². The van der Waals surface area contributed by atoms with Crippen LogP contribution in [0.25, 0.3) is 11.0 Å². The number of hydrogen-bond donors (Lipinski definition) is 2.